The summed E-state index contributed by atoms with van der Waals surface area (Å²) in [6.45, 7) is 3.73. The van der Waals surface area contributed by atoms with Gasteiger partial charge in [-0.15, -0.1) is 0 Å². The normalized spacial score (nSPS) is 14.0. The molecule has 0 spiro atoms. The van der Waals surface area contributed by atoms with Crippen molar-refractivity contribution in [2.45, 2.75) is 168 Å². The first kappa shape index (κ1) is 46.0. The molecular formula is C39H69O8P. The van der Waals surface area contributed by atoms with Crippen LogP contribution in [0, 0.1) is 0 Å². The molecule has 0 aromatic carbocycles. The molecule has 0 aliphatic heterocycles. The van der Waals surface area contributed by atoms with Crippen LogP contribution in [0.3, 0.4) is 0 Å². The predicted molar refractivity (Wildman–Crippen MR) is 198 cm³/mol. The molecule has 278 valence electrons. The van der Waals surface area contributed by atoms with Crippen molar-refractivity contribution in [1.82, 2.24) is 0 Å². The highest BCUT2D eigenvalue weighted by Crippen LogP contribution is 2.42. The second kappa shape index (κ2) is 34.9. The Kier molecular flexibility index (Phi) is 33.4. The van der Waals surface area contributed by atoms with Crippen molar-refractivity contribution in [2.75, 3.05) is 20.3 Å². The highest BCUT2D eigenvalue weighted by Gasteiger charge is 2.24. The second-order valence-electron chi connectivity index (χ2n) is 12.3. The first-order valence-corrected chi connectivity index (χ1v) is 20.3. The van der Waals surface area contributed by atoms with Crippen molar-refractivity contribution in [1.29, 1.82) is 0 Å². The molecule has 0 saturated carbocycles. The number of carbonyl (C=O) groups excluding carboxylic acids is 2. The molecule has 2 atom stereocenters. The van der Waals surface area contributed by atoms with Gasteiger partial charge < -0.3 is 14.4 Å². The number of rotatable bonds is 34. The molecule has 0 aliphatic rings. The monoisotopic (exact) mass is 696 g/mol. The molecule has 0 bridgehead atoms. The molecule has 0 amide bonds. The van der Waals surface area contributed by atoms with E-state index in [2.05, 4.69) is 67.0 Å². The predicted octanol–water partition coefficient (Wildman–Crippen LogP) is 11.4. The third-order valence-electron chi connectivity index (χ3n) is 7.84. The van der Waals surface area contributed by atoms with E-state index in [0.29, 0.717) is 6.42 Å². The maximum Gasteiger partial charge on any atom is 0.472 e. The zero-order valence-electron chi connectivity index (χ0n) is 30.6. The fourth-order valence-electron chi connectivity index (χ4n) is 4.94. The van der Waals surface area contributed by atoms with Crippen molar-refractivity contribution in [3.05, 3.63) is 48.6 Å². The number of allylic oxidation sites excluding steroid dienone is 8. The molecule has 0 saturated heterocycles. The van der Waals surface area contributed by atoms with Crippen molar-refractivity contribution >= 4 is 19.8 Å². The smallest absolute Gasteiger partial charge is 0.462 e. The Morgan fingerprint density at radius 2 is 1.06 bits per heavy atom. The lowest BCUT2D eigenvalue weighted by Gasteiger charge is -2.19. The SMILES string of the molecule is CC/C=C\C/C=C\C/C=C\C/C=C\CCCCCCCCC(=O)OC(COC(=O)CCCCCCCCCCCC)COP(=O)(O)OC. The minimum absolute atomic E-state index is 0.228. The van der Waals surface area contributed by atoms with Gasteiger partial charge in [0.05, 0.1) is 6.61 Å². The molecule has 48 heavy (non-hydrogen) atoms. The van der Waals surface area contributed by atoms with E-state index in [1.165, 1.54) is 44.9 Å². The summed E-state index contributed by atoms with van der Waals surface area (Å²) in [5.74, 6) is -0.824. The average molecular weight is 697 g/mol. The van der Waals surface area contributed by atoms with E-state index < -0.39 is 26.5 Å². The van der Waals surface area contributed by atoms with E-state index in [-0.39, 0.29) is 25.4 Å². The summed E-state index contributed by atoms with van der Waals surface area (Å²) in [4.78, 5) is 34.3. The molecule has 1 N–H and O–H groups in total. The highest BCUT2D eigenvalue weighted by atomic mass is 31.2. The van der Waals surface area contributed by atoms with E-state index in [1.54, 1.807) is 0 Å². The van der Waals surface area contributed by atoms with Crippen LogP contribution in [0.4, 0.5) is 0 Å². The molecule has 0 radical (unpaired) electrons. The van der Waals surface area contributed by atoms with Gasteiger partial charge in [-0.05, 0) is 51.4 Å². The highest BCUT2D eigenvalue weighted by molar-refractivity contribution is 7.47. The Hall–Kier alpha value is -1.99. The van der Waals surface area contributed by atoms with Gasteiger partial charge >= 0.3 is 19.8 Å². The fourth-order valence-corrected chi connectivity index (χ4v) is 5.40. The van der Waals surface area contributed by atoms with Gasteiger partial charge in [0.1, 0.15) is 6.61 Å². The van der Waals surface area contributed by atoms with Gasteiger partial charge in [-0.1, -0.05) is 146 Å². The second-order valence-corrected chi connectivity index (χ2v) is 13.9. The molecular weight excluding hydrogens is 627 g/mol. The Bertz CT molecular complexity index is 927. The molecule has 0 rings (SSSR count). The molecule has 9 heteroatoms. The number of esters is 2. The average Bonchev–Trinajstić information content (AvgIpc) is 3.07. The summed E-state index contributed by atoms with van der Waals surface area (Å²) in [6.07, 6.45) is 40.2. The Morgan fingerprint density at radius 1 is 0.604 bits per heavy atom. The Balaban J connectivity index is 4.07. The van der Waals surface area contributed by atoms with E-state index in [1.807, 2.05) is 0 Å². The molecule has 8 nitrogen and oxygen atoms in total. The quantitative estimate of drug-likeness (QED) is 0.0306. The van der Waals surface area contributed by atoms with Crippen LogP contribution in [0.25, 0.3) is 0 Å². The minimum atomic E-state index is -4.26. The lowest BCUT2D eigenvalue weighted by Crippen LogP contribution is -2.29. The summed E-state index contributed by atoms with van der Waals surface area (Å²) in [5, 5.41) is 0. The number of phosphoric ester groups is 1. The number of ether oxygens (including phenoxy) is 2. The van der Waals surface area contributed by atoms with Gasteiger partial charge in [0.15, 0.2) is 6.10 Å². The zero-order valence-corrected chi connectivity index (χ0v) is 31.5. The number of hydrogen-bond acceptors (Lipinski definition) is 7. The standard InChI is InChI=1S/C39H69O8P/c1-4-6-8-10-12-14-16-17-18-19-20-21-22-23-24-26-28-30-32-34-39(41)47-37(36-46-48(42,43)44-3)35-45-38(40)33-31-29-27-25-15-13-11-9-7-5-2/h6,8,12,14,17-18,20-21,37H,4-5,7,9-11,13,15-16,19,22-36H2,1-3H3,(H,42,43)/b8-6-,14-12-,18-17-,21-20-. The number of hydrogen-bond donors (Lipinski definition) is 1. The van der Waals surface area contributed by atoms with Crippen LogP contribution in [0.1, 0.15) is 162 Å². The van der Waals surface area contributed by atoms with Crippen molar-refractivity contribution in [2.24, 2.45) is 0 Å². The number of carbonyl (C=O) groups is 2. The summed E-state index contributed by atoms with van der Waals surface area (Å²) in [6, 6.07) is 0. The third-order valence-corrected chi connectivity index (χ3v) is 8.77. The molecule has 2 unspecified atom stereocenters. The van der Waals surface area contributed by atoms with E-state index >= 15 is 0 Å². The van der Waals surface area contributed by atoms with Crippen LogP contribution < -0.4 is 0 Å². The third kappa shape index (κ3) is 33.9. The van der Waals surface area contributed by atoms with Crippen LogP contribution in [-0.2, 0) is 32.7 Å². The molecule has 0 aliphatic carbocycles. The first-order valence-electron chi connectivity index (χ1n) is 18.8. The van der Waals surface area contributed by atoms with Gasteiger partial charge in [-0.25, -0.2) is 4.57 Å². The fraction of sp³-hybridized carbons (Fsp3) is 0.744. The van der Waals surface area contributed by atoms with E-state index in [9.17, 15) is 19.0 Å². The molecule has 0 aromatic rings. The number of unbranched alkanes of at least 4 members (excludes halogenated alkanes) is 15. The Morgan fingerprint density at radius 3 is 1.58 bits per heavy atom. The summed E-state index contributed by atoms with van der Waals surface area (Å²) in [5.41, 5.74) is 0. The van der Waals surface area contributed by atoms with Crippen molar-refractivity contribution in [3.8, 4) is 0 Å². The van der Waals surface area contributed by atoms with Gasteiger partial charge in [0.25, 0.3) is 0 Å². The van der Waals surface area contributed by atoms with Crippen LogP contribution in [0.2, 0.25) is 0 Å². The van der Waals surface area contributed by atoms with Crippen LogP contribution in [-0.4, -0.2) is 43.3 Å². The Labute approximate surface area is 293 Å². The van der Waals surface area contributed by atoms with Crippen molar-refractivity contribution in [3.63, 3.8) is 0 Å². The van der Waals surface area contributed by atoms with Crippen LogP contribution in [0.5, 0.6) is 0 Å². The van der Waals surface area contributed by atoms with Gasteiger partial charge in [0.2, 0.25) is 0 Å². The van der Waals surface area contributed by atoms with Gasteiger partial charge in [-0.2, -0.15) is 0 Å². The maximum atomic E-state index is 12.4. The van der Waals surface area contributed by atoms with E-state index in [0.717, 1.165) is 90.6 Å². The lowest BCUT2D eigenvalue weighted by molar-refractivity contribution is -0.161. The largest absolute Gasteiger partial charge is 0.472 e. The number of phosphoric acid groups is 1. The van der Waals surface area contributed by atoms with Gasteiger partial charge in [-0.3, -0.25) is 18.6 Å². The molecule has 0 aromatic heterocycles. The van der Waals surface area contributed by atoms with Gasteiger partial charge in [0, 0.05) is 20.0 Å². The summed E-state index contributed by atoms with van der Waals surface area (Å²) < 4.78 is 31.8. The summed E-state index contributed by atoms with van der Waals surface area (Å²) >= 11 is 0. The van der Waals surface area contributed by atoms with Crippen LogP contribution >= 0.6 is 7.82 Å². The molecule has 0 heterocycles. The maximum absolute atomic E-state index is 12.4. The minimum Gasteiger partial charge on any atom is -0.462 e. The van der Waals surface area contributed by atoms with Crippen molar-refractivity contribution < 1.29 is 37.6 Å². The summed E-state index contributed by atoms with van der Waals surface area (Å²) in [7, 11) is -3.20. The van der Waals surface area contributed by atoms with Crippen LogP contribution in [0.15, 0.2) is 48.6 Å². The zero-order chi connectivity index (χ0) is 35.4. The first-order chi connectivity index (χ1) is 23.3. The topological polar surface area (TPSA) is 108 Å². The van der Waals surface area contributed by atoms with E-state index in [4.69, 9.17) is 14.0 Å². The lowest BCUT2D eigenvalue weighted by atomic mass is 10.1. The molecule has 0 fully saturated rings.